The zero-order valence-corrected chi connectivity index (χ0v) is 17.8. The maximum absolute atomic E-state index is 14.1. The van der Waals surface area contributed by atoms with Gasteiger partial charge in [-0.15, -0.1) is 0 Å². The van der Waals surface area contributed by atoms with Crippen LogP contribution in [0.2, 0.25) is 5.02 Å². The number of hydrogen-bond acceptors (Lipinski definition) is 5. The molecule has 8 nitrogen and oxygen atoms in total. The molecular formula is C21H20ClF2N3O5. The van der Waals surface area contributed by atoms with Gasteiger partial charge in [-0.25, -0.2) is 8.78 Å². The van der Waals surface area contributed by atoms with Gasteiger partial charge in [0, 0.05) is 31.5 Å². The van der Waals surface area contributed by atoms with Crippen LogP contribution in [0.4, 0.5) is 8.78 Å². The molecule has 1 saturated heterocycles. The largest absolute Gasteiger partial charge is 0.503 e. The number of aromatic hydroxyl groups is 1. The molecular weight excluding hydrogens is 448 g/mol. The van der Waals surface area contributed by atoms with Crippen LogP contribution in [-0.2, 0) is 11.3 Å². The number of nitrogens with one attached hydrogen (secondary N) is 1. The third-order valence-electron chi connectivity index (χ3n) is 5.86. The van der Waals surface area contributed by atoms with Crippen molar-refractivity contribution in [3.05, 3.63) is 62.0 Å². The number of hydrogen-bond donors (Lipinski definition) is 2. The molecule has 0 unspecified atom stereocenters. The van der Waals surface area contributed by atoms with E-state index in [0.29, 0.717) is 19.6 Å². The number of amides is 2. The predicted octanol–water partition coefficient (Wildman–Crippen LogP) is 2.22. The number of aromatic nitrogens is 1. The van der Waals surface area contributed by atoms with Crippen molar-refractivity contribution in [3.8, 4) is 5.75 Å². The second-order valence-corrected chi connectivity index (χ2v) is 7.96. The van der Waals surface area contributed by atoms with Gasteiger partial charge in [0.1, 0.15) is 22.2 Å². The minimum Gasteiger partial charge on any atom is -0.503 e. The molecule has 0 aliphatic carbocycles. The minimum absolute atomic E-state index is 0.0819. The van der Waals surface area contributed by atoms with E-state index in [1.54, 1.807) is 11.8 Å². The topological polar surface area (TPSA) is 101 Å². The van der Waals surface area contributed by atoms with E-state index in [1.165, 1.54) is 10.8 Å². The van der Waals surface area contributed by atoms with Crippen molar-refractivity contribution < 1.29 is 28.2 Å². The Morgan fingerprint density at radius 1 is 1.31 bits per heavy atom. The van der Waals surface area contributed by atoms with Crippen LogP contribution in [0.5, 0.6) is 5.75 Å². The number of carbonyl (C=O) groups excluding carboxylic acids is 2. The van der Waals surface area contributed by atoms with Crippen LogP contribution >= 0.6 is 11.6 Å². The zero-order chi connectivity index (χ0) is 23.2. The molecule has 2 amide bonds. The SMILES string of the molecule is CCN1C(=O)c2c(O)c(=O)c(C(=O)NCc3ccc(F)c(Cl)c3F)cn2[C@H]2COCC[C@H]21. The van der Waals surface area contributed by atoms with E-state index < -0.39 is 45.2 Å². The van der Waals surface area contributed by atoms with E-state index in [1.807, 2.05) is 0 Å². The van der Waals surface area contributed by atoms with Crippen molar-refractivity contribution in [2.75, 3.05) is 19.8 Å². The summed E-state index contributed by atoms with van der Waals surface area (Å²) in [7, 11) is 0. The number of fused-ring (bicyclic) bond motifs is 3. The Labute approximate surface area is 186 Å². The molecule has 3 heterocycles. The Bertz CT molecular complexity index is 1170. The third-order valence-corrected chi connectivity index (χ3v) is 6.21. The summed E-state index contributed by atoms with van der Waals surface area (Å²) in [6.45, 7) is 2.53. The second-order valence-electron chi connectivity index (χ2n) is 7.58. The lowest BCUT2D eigenvalue weighted by atomic mass is 9.96. The number of halogens is 3. The highest BCUT2D eigenvalue weighted by Crippen LogP contribution is 2.34. The van der Waals surface area contributed by atoms with Gasteiger partial charge in [0.15, 0.2) is 11.4 Å². The van der Waals surface area contributed by atoms with Gasteiger partial charge in [-0.3, -0.25) is 14.4 Å². The monoisotopic (exact) mass is 467 g/mol. The lowest BCUT2D eigenvalue weighted by Crippen LogP contribution is -2.55. The first-order valence-electron chi connectivity index (χ1n) is 10.0. The molecule has 1 aromatic carbocycles. The fraction of sp³-hybridized carbons (Fsp3) is 0.381. The molecule has 2 aromatic rings. The standard InChI is InChI=1S/C21H20ClF2N3O5/c1-2-26-13-5-6-32-9-14(13)27-8-11(18(28)19(29)17(27)21(26)31)20(30)25-7-10-3-4-12(23)15(22)16(10)24/h3-4,8,13-14,29H,2,5-7,9H2,1H3,(H,25,30)/t13-,14+/m1/s1. The number of pyridine rings is 1. The molecule has 2 aliphatic rings. The van der Waals surface area contributed by atoms with Crippen molar-refractivity contribution in [2.45, 2.75) is 32.0 Å². The molecule has 1 fully saturated rings. The molecule has 2 atom stereocenters. The van der Waals surface area contributed by atoms with E-state index in [4.69, 9.17) is 16.3 Å². The Kier molecular flexibility index (Phi) is 5.91. The lowest BCUT2D eigenvalue weighted by molar-refractivity contribution is -0.0134. The van der Waals surface area contributed by atoms with Crippen LogP contribution in [0.25, 0.3) is 0 Å². The third kappa shape index (κ3) is 3.53. The van der Waals surface area contributed by atoms with Gasteiger partial charge in [-0.05, 0) is 19.4 Å². The van der Waals surface area contributed by atoms with E-state index in [0.717, 1.165) is 12.1 Å². The summed E-state index contributed by atoms with van der Waals surface area (Å²) >= 11 is 5.55. The number of nitrogens with zero attached hydrogens (tertiary/aromatic N) is 2. The number of ether oxygens (including phenoxy) is 1. The lowest BCUT2D eigenvalue weighted by Gasteiger charge is -2.45. The maximum Gasteiger partial charge on any atom is 0.274 e. The predicted molar refractivity (Wildman–Crippen MR) is 110 cm³/mol. The average molecular weight is 468 g/mol. The zero-order valence-electron chi connectivity index (χ0n) is 17.0. The van der Waals surface area contributed by atoms with Gasteiger partial charge in [0.25, 0.3) is 11.8 Å². The molecule has 0 radical (unpaired) electrons. The molecule has 170 valence electrons. The minimum atomic E-state index is -1.02. The number of benzene rings is 1. The molecule has 0 bridgehead atoms. The fourth-order valence-corrected chi connectivity index (χ4v) is 4.42. The molecule has 4 rings (SSSR count). The van der Waals surface area contributed by atoms with Gasteiger partial charge >= 0.3 is 0 Å². The summed E-state index contributed by atoms with van der Waals surface area (Å²) in [4.78, 5) is 39.9. The van der Waals surface area contributed by atoms with Crippen LogP contribution in [0, 0.1) is 11.6 Å². The summed E-state index contributed by atoms with van der Waals surface area (Å²) in [5.74, 6) is -4.18. The Hall–Kier alpha value is -2.98. The normalized spacial score (nSPS) is 20.0. The molecule has 0 spiro atoms. The fourth-order valence-electron chi connectivity index (χ4n) is 4.23. The molecule has 1 aromatic heterocycles. The second kappa shape index (κ2) is 8.51. The number of likely N-dealkylation sites (N-methyl/N-ethyl adjacent to an activating group) is 1. The molecule has 11 heteroatoms. The molecule has 2 N–H and O–H groups in total. The van der Waals surface area contributed by atoms with Gasteiger partial charge in [0.2, 0.25) is 5.43 Å². The van der Waals surface area contributed by atoms with Crippen molar-refractivity contribution >= 4 is 23.4 Å². The van der Waals surface area contributed by atoms with Gasteiger partial charge in [0.05, 0.1) is 18.7 Å². The van der Waals surface area contributed by atoms with Crippen LogP contribution in [0.1, 0.15) is 45.8 Å². The van der Waals surface area contributed by atoms with E-state index in [9.17, 15) is 28.3 Å². The summed E-state index contributed by atoms with van der Waals surface area (Å²) in [5, 5.41) is 12.2. The number of rotatable bonds is 4. The molecule has 32 heavy (non-hydrogen) atoms. The maximum atomic E-state index is 14.1. The highest BCUT2D eigenvalue weighted by Gasteiger charge is 2.43. The van der Waals surface area contributed by atoms with E-state index in [2.05, 4.69) is 5.32 Å². The van der Waals surface area contributed by atoms with Crippen LogP contribution < -0.4 is 10.7 Å². The Morgan fingerprint density at radius 2 is 2.06 bits per heavy atom. The van der Waals surface area contributed by atoms with Gasteiger partial charge < -0.3 is 24.6 Å². The Balaban J connectivity index is 1.69. The van der Waals surface area contributed by atoms with Crippen molar-refractivity contribution in [3.63, 3.8) is 0 Å². The smallest absolute Gasteiger partial charge is 0.274 e. The summed E-state index contributed by atoms with van der Waals surface area (Å²) in [6, 6.07) is 1.49. The van der Waals surface area contributed by atoms with Crippen LogP contribution in [0.3, 0.4) is 0 Å². The number of carbonyl (C=O) groups is 2. The average Bonchev–Trinajstić information content (AvgIpc) is 2.79. The van der Waals surface area contributed by atoms with Crippen LogP contribution in [0.15, 0.2) is 23.1 Å². The highest BCUT2D eigenvalue weighted by atomic mass is 35.5. The summed E-state index contributed by atoms with van der Waals surface area (Å²) in [5.41, 5.74) is -1.72. The Morgan fingerprint density at radius 3 is 2.78 bits per heavy atom. The van der Waals surface area contributed by atoms with E-state index >= 15 is 0 Å². The van der Waals surface area contributed by atoms with Gasteiger partial charge in [-0.1, -0.05) is 17.7 Å². The van der Waals surface area contributed by atoms with Crippen molar-refractivity contribution in [1.29, 1.82) is 0 Å². The molecule has 0 saturated carbocycles. The first-order chi connectivity index (χ1) is 15.3. The van der Waals surface area contributed by atoms with Crippen molar-refractivity contribution in [1.82, 2.24) is 14.8 Å². The first kappa shape index (κ1) is 22.2. The first-order valence-corrected chi connectivity index (χ1v) is 10.4. The van der Waals surface area contributed by atoms with Crippen molar-refractivity contribution in [2.24, 2.45) is 0 Å². The van der Waals surface area contributed by atoms with Crippen LogP contribution in [-0.4, -0.2) is 52.2 Å². The summed E-state index contributed by atoms with van der Waals surface area (Å²) < 4.78 is 34.4. The molecule has 2 aliphatic heterocycles. The highest BCUT2D eigenvalue weighted by molar-refractivity contribution is 6.30. The van der Waals surface area contributed by atoms with Gasteiger partial charge in [-0.2, -0.15) is 0 Å². The van der Waals surface area contributed by atoms with E-state index in [-0.39, 0.29) is 36.5 Å². The quantitative estimate of drug-likeness (QED) is 0.671. The summed E-state index contributed by atoms with van der Waals surface area (Å²) in [6.07, 6.45) is 1.79.